The Morgan fingerprint density at radius 2 is 2.50 bits per heavy atom. The van der Waals surface area contributed by atoms with Crippen molar-refractivity contribution in [3.63, 3.8) is 0 Å². The molecule has 0 bridgehead atoms. The average Bonchev–Trinajstić information content (AvgIpc) is 2.62. The molecule has 4 heteroatoms. The van der Waals surface area contributed by atoms with E-state index in [2.05, 4.69) is 10.6 Å². The molecule has 2 aliphatic heterocycles. The second-order valence-corrected chi connectivity index (χ2v) is 3.04. The van der Waals surface area contributed by atoms with Crippen LogP contribution in [0.4, 0.5) is 0 Å². The van der Waals surface area contributed by atoms with E-state index in [4.69, 9.17) is 5.11 Å². The smallest absolute Gasteiger partial charge is 0.351 e. The average molecular weight is 166 g/mol. The van der Waals surface area contributed by atoms with Crippen LogP contribution in [0.2, 0.25) is 0 Å². The predicted octanol–water partition coefficient (Wildman–Crippen LogP) is -0.544. The van der Waals surface area contributed by atoms with Crippen molar-refractivity contribution < 1.29 is 9.90 Å². The van der Waals surface area contributed by atoms with E-state index in [0.29, 0.717) is 6.54 Å². The highest BCUT2D eigenvalue weighted by atomic mass is 16.4. The summed E-state index contributed by atoms with van der Waals surface area (Å²) in [6.45, 7) is 1.44. The molecule has 0 aromatic carbocycles. The van der Waals surface area contributed by atoms with Crippen molar-refractivity contribution >= 4 is 5.97 Å². The largest absolute Gasteiger partial charge is 0.477 e. The summed E-state index contributed by atoms with van der Waals surface area (Å²) >= 11 is 0. The minimum Gasteiger partial charge on any atom is -0.477 e. The fraction of sp³-hybridized carbons (Fsp3) is 0.375. The van der Waals surface area contributed by atoms with E-state index in [0.717, 1.165) is 6.54 Å². The fourth-order valence-electron chi connectivity index (χ4n) is 1.54. The van der Waals surface area contributed by atoms with E-state index in [1.54, 1.807) is 6.08 Å². The van der Waals surface area contributed by atoms with Gasteiger partial charge in [0.05, 0.1) is 5.54 Å². The Balaban J connectivity index is 2.23. The number of carbonyl (C=O) groups is 1. The van der Waals surface area contributed by atoms with E-state index in [-0.39, 0.29) is 11.2 Å². The highest BCUT2D eigenvalue weighted by molar-refractivity contribution is 5.87. The molecule has 1 atom stereocenters. The van der Waals surface area contributed by atoms with E-state index in [1.807, 2.05) is 12.2 Å². The van der Waals surface area contributed by atoms with Crippen LogP contribution >= 0.6 is 0 Å². The summed E-state index contributed by atoms with van der Waals surface area (Å²) in [4.78, 5) is 10.6. The van der Waals surface area contributed by atoms with Gasteiger partial charge in [0.25, 0.3) is 0 Å². The van der Waals surface area contributed by atoms with Crippen LogP contribution in [0, 0.1) is 0 Å². The first-order valence-electron chi connectivity index (χ1n) is 3.85. The van der Waals surface area contributed by atoms with Crippen LogP contribution in [0.3, 0.4) is 0 Å². The third kappa shape index (κ3) is 1.00. The van der Waals surface area contributed by atoms with Gasteiger partial charge in [-0.3, -0.25) is 5.32 Å². The zero-order valence-electron chi connectivity index (χ0n) is 6.50. The first-order chi connectivity index (χ1) is 5.72. The maximum Gasteiger partial charge on any atom is 0.351 e. The number of carboxylic acids is 1. The van der Waals surface area contributed by atoms with Crippen molar-refractivity contribution in [2.24, 2.45) is 0 Å². The molecule has 0 aromatic rings. The summed E-state index contributed by atoms with van der Waals surface area (Å²) in [7, 11) is 0. The lowest BCUT2D eigenvalue weighted by atomic mass is 10.0. The van der Waals surface area contributed by atoms with Crippen LogP contribution in [0.1, 0.15) is 0 Å². The Labute approximate surface area is 70.0 Å². The van der Waals surface area contributed by atoms with E-state index < -0.39 is 5.97 Å². The Hall–Kier alpha value is -1.29. The lowest BCUT2D eigenvalue weighted by Crippen LogP contribution is -2.41. The number of carboxylic acid groups (broad SMARTS) is 1. The summed E-state index contributed by atoms with van der Waals surface area (Å²) in [6, 6.07) is 0. The Bertz CT molecular complexity index is 283. The third-order valence-electron chi connectivity index (χ3n) is 2.17. The van der Waals surface area contributed by atoms with Crippen LogP contribution in [-0.4, -0.2) is 29.7 Å². The zero-order valence-corrected chi connectivity index (χ0v) is 6.50. The first-order valence-corrected chi connectivity index (χ1v) is 3.85. The van der Waals surface area contributed by atoms with Crippen molar-refractivity contribution in [1.29, 1.82) is 0 Å². The summed E-state index contributed by atoms with van der Waals surface area (Å²) in [5, 5.41) is 14.7. The molecule has 0 radical (unpaired) electrons. The van der Waals surface area contributed by atoms with Gasteiger partial charge in [0.1, 0.15) is 5.70 Å². The lowest BCUT2D eigenvalue weighted by Gasteiger charge is -2.17. The van der Waals surface area contributed by atoms with Crippen molar-refractivity contribution in [3.8, 4) is 0 Å². The Kier molecular flexibility index (Phi) is 1.44. The van der Waals surface area contributed by atoms with E-state index in [1.165, 1.54) is 0 Å². The van der Waals surface area contributed by atoms with Crippen LogP contribution in [0.25, 0.3) is 0 Å². The first kappa shape index (κ1) is 7.36. The summed E-state index contributed by atoms with van der Waals surface area (Å²) in [5.74, 6) is -0.894. The minimum atomic E-state index is -0.894. The van der Waals surface area contributed by atoms with E-state index >= 15 is 0 Å². The van der Waals surface area contributed by atoms with Crippen LogP contribution < -0.4 is 10.6 Å². The molecule has 2 aliphatic rings. The molecule has 0 fully saturated rings. The second-order valence-electron chi connectivity index (χ2n) is 3.04. The maximum absolute atomic E-state index is 10.6. The molecule has 1 unspecified atom stereocenters. The zero-order chi connectivity index (χ0) is 8.60. The van der Waals surface area contributed by atoms with Crippen molar-refractivity contribution in [1.82, 2.24) is 10.6 Å². The molecule has 2 heterocycles. The molecule has 12 heavy (non-hydrogen) atoms. The van der Waals surface area contributed by atoms with Gasteiger partial charge in [0.2, 0.25) is 0 Å². The van der Waals surface area contributed by atoms with Crippen LogP contribution in [0.5, 0.6) is 0 Å². The quantitative estimate of drug-likeness (QED) is 0.458. The normalized spacial score (nSPS) is 32.2. The SMILES string of the molecule is O=C(O)C1=CC2(C=CCN2)CN1. The van der Waals surface area contributed by atoms with Crippen LogP contribution in [0.15, 0.2) is 23.9 Å². The lowest BCUT2D eigenvalue weighted by molar-refractivity contribution is -0.132. The number of rotatable bonds is 1. The number of hydrogen-bond acceptors (Lipinski definition) is 3. The highest BCUT2D eigenvalue weighted by Crippen LogP contribution is 2.20. The van der Waals surface area contributed by atoms with Gasteiger partial charge in [0.15, 0.2) is 0 Å². The molecule has 1 spiro atoms. The monoisotopic (exact) mass is 166 g/mol. The number of hydrogen-bond donors (Lipinski definition) is 3. The van der Waals surface area contributed by atoms with E-state index in [9.17, 15) is 4.79 Å². The molecule has 3 N–H and O–H groups in total. The Morgan fingerprint density at radius 3 is 3.00 bits per heavy atom. The minimum absolute atomic E-state index is 0.242. The van der Waals surface area contributed by atoms with Crippen LogP contribution in [-0.2, 0) is 4.79 Å². The number of aliphatic carboxylic acids is 1. The molecule has 2 rings (SSSR count). The standard InChI is InChI=1S/C8H10N2O2/c11-7(12)6-4-8(5-9-6)2-1-3-10-8/h1-2,4,9-10H,3,5H2,(H,11,12). The third-order valence-corrected chi connectivity index (χ3v) is 2.17. The summed E-state index contributed by atoms with van der Waals surface area (Å²) in [5.41, 5.74) is 0.0438. The van der Waals surface area contributed by atoms with Crippen molar-refractivity contribution in [2.45, 2.75) is 5.54 Å². The molecule has 0 saturated heterocycles. The maximum atomic E-state index is 10.6. The molecule has 0 aromatic heterocycles. The summed E-state index contributed by atoms with van der Waals surface area (Å²) in [6.07, 6.45) is 5.72. The molecule has 0 saturated carbocycles. The highest BCUT2D eigenvalue weighted by Gasteiger charge is 2.33. The predicted molar refractivity (Wildman–Crippen MR) is 43.6 cm³/mol. The summed E-state index contributed by atoms with van der Waals surface area (Å²) < 4.78 is 0. The van der Waals surface area contributed by atoms with Gasteiger partial charge in [-0.15, -0.1) is 0 Å². The Morgan fingerprint density at radius 1 is 1.67 bits per heavy atom. The van der Waals surface area contributed by atoms with Gasteiger partial charge >= 0.3 is 5.97 Å². The molecular weight excluding hydrogens is 156 g/mol. The molecule has 0 amide bonds. The molecule has 0 aliphatic carbocycles. The fourth-order valence-corrected chi connectivity index (χ4v) is 1.54. The number of nitrogens with one attached hydrogen (secondary N) is 2. The van der Waals surface area contributed by atoms with Gasteiger partial charge in [-0.2, -0.15) is 0 Å². The second kappa shape index (κ2) is 2.35. The topological polar surface area (TPSA) is 61.4 Å². The van der Waals surface area contributed by atoms with Crippen molar-refractivity contribution in [3.05, 3.63) is 23.9 Å². The molecule has 64 valence electrons. The van der Waals surface area contributed by atoms with Gasteiger partial charge in [0, 0.05) is 13.1 Å². The van der Waals surface area contributed by atoms with Gasteiger partial charge in [-0.1, -0.05) is 12.2 Å². The van der Waals surface area contributed by atoms with Gasteiger partial charge in [-0.25, -0.2) is 4.79 Å². The van der Waals surface area contributed by atoms with Crippen molar-refractivity contribution in [2.75, 3.05) is 13.1 Å². The molecular formula is C8H10N2O2. The van der Waals surface area contributed by atoms with Gasteiger partial charge < -0.3 is 10.4 Å². The molecule has 4 nitrogen and oxygen atoms in total. The van der Waals surface area contributed by atoms with Gasteiger partial charge in [-0.05, 0) is 6.08 Å².